The maximum atomic E-state index is 14.5. The second-order valence-corrected chi connectivity index (χ2v) is 12.6. The molecule has 3 N–H and O–H groups in total. The number of aliphatic imine (C=N–C) groups is 1. The minimum absolute atomic E-state index is 0.0695. The number of hydrogen-bond acceptors (Lipinski definition) is 6. The first-order chi connectivity index (χ1) is 23.5. The van der Waals surface area contributed by atoms with E-state index in [0.29, 0.717) is 37.6 Å². The predicted molar refractivity (Wildman–Crippen MR) is 193 cm³/mol. The van der Waals surface area contributed by atoms with Gasteiger partial charge in [-0.2, -0.15) is 0 Å². The molecule has 0 radical (unpaired) electrons. The van der Waals surface area contributed by atoms with Crippen molar-refractivity contribution in [2.24, 2.45) is 4.99 Å². The van der Waals surface area contributed by atoms with Gasteiger partial charge >= 0.3 is 0 Å². The number of nitrogens with one attached hydrogen (secondary N) is 2. The van der Waals surface area contributed by atoms with Crippen molar-refractivity contribution in [3.8, 4) is 16.9 Å². The lowest BCUT2D eigenvalue weighted by molar-refractivity contribution is -0.130. The van der Waals surface area contributed by atoms with Gasteiger partial charge in [-0.05, 0) is 70.6 Å². The number of nitrogens with zero attached hydrogens (tertiary/aromatic N) is 1. The topological polar surface area (TPSA) is 92.2 Å². The summed E-state index contributed by atoms with van der Waals surface area (Å²) in [6.07, 6.45) is 0.902. The third kappa shape index (κ3) is 8.02. The minimum Gasteiger partial charge on any atom is -0.494 e. The van der Waals surface area contributed by atoms with E-state index >= 15 is 0 Å². The second kappa shape index (κ2) is 15.9. The number of ether oxygens (including phenoxy) is 2. The van der Waals surface area contributed by atoms with Crippen molar-refractivity contribution >= 4 is 27.7 Å². The number of benzene rings is 5. The highest BCUT2D eigenvalue weighted by molar-refractivity contribution is 9.10. The van der Waals surface area contributed by atoms with Crippen LogP contribution in [0.4, 0.5) is 0 Å². The van der Waals surface area contributed by atoms with Crippen LogP contribution in [-0.2, 0) is 22.4 Å². The van der Waals surface area contributed by atoms with E-state index < -0.39 is 11.6 Å². The van der Waals surface area contributed by atoms with E-state index in [1.165, 1.54) is 5.56 Å². The highest BCUT2D eigenvalue weighted by atomic mass is 79.9. The van der Waals surface area contributed by atoms with Gasteiger partial charge in [-0.3, -0.25) is 10.2 Å². The molecule has 1 amide bonds. The number of halogens is 1. The van der Waals surface area contributed by atoms with Crippen molar-refractivity contribution in [3.63, 3.8) is 0 Å². The average molecular weight is 705 g/mol. The Kier molecular flexibility index (Phi) is 11.0. The number of aliphatic hydroxyl groups excluding tert-OH is 1. The summed E-state index contributed by atoms with van der Waals surface area (Å²) in [7, 11) is 0. The molecule has 0 fully saturated rings. The molecule has 8 heteroatoms. The van der Waals surface area contributed by atoms with Crippen molar-refractivity contribution in [2.45, 2.75) is 30.9 Å². The summed E-state index contributed by atoms with van der Waals surface area (Å²) >= 11 is 3.54. The lowest BCUT2D eigenvalue weighted by atomic mass is 9.82. The second-order valence-electron chi connectivity index (χ2n) is 11.7. The van der Waals surface area contributed by atoms with Gasteiger partial charge in [0.25, 0.3) is 5.91 Å². The molecule has 6 rings (SSSR count). The van der Waals surface area contributed by atoms with Crippen LogP contribution in [0.15, 0.2) is 143 Å². The smallest absolute Gasteiger partial charge is 0.266 e. The van der Waals surface area contributed by atoms with Gasteiger partial charge in [0.05, 0.1) is 6.61 Å². The molecule has 1 aliphatic rings. The predicted octanol–water partition coefficient (Wildman–Crippen LogP) is 7.24. The summed E-state index contributed by atoms with van der Waals surface area (Å²) < 4.78 is 13.4. The quantitative estimate of drug-likeness (QED) is 0.0838. The Balaban J connectivity index is 1.35. The summed E-state index contributed by atoms with van der Waals surface area (Å²) in [5.41, 5.74) is 10.7. The van der Waals surface area contributed by atoms with Gasteiger partial charge in [0.2, 0.25) is 5.90 Å². The number of amides is 1. The van der Waals surface area contributed by atoms with Gasteiger partial charge in [-0.25, -0.2) is 10.4 Å². The Hall–Kier alpha value is -4.76. The van der Waals surface area contributed by atoms with Crippen LogP contribution in [0.3, 0.4) is 0 Å². The molecule has 0 aliphatic carbocycles. The molecule has 2 atom stereocenters. The van der Waals surface area contributed by atoms with Crippen LogP contribution in [0, 0.1) is 0 Å². The molecular weight excluding hydrogens is 666 g/mol. The van der Waals surface area contributed by atoms with Crippen LogP contribution in [-0.4, -0.2) is 42.2 Å². The molecule has 5 aromatic rings. The van der Waals surface area contributed by atoms with Crippen molar-refractivity contribution in [1.29, 1.82) is 0 Å². The van der Waals surface area contributed by atoms with Crippen molar-refractivity contribution in [2.75, 3.05) is 19.8 Å². The lowest BCUT2D eigenvalue weighted by Gasteiger charge is -2.31. The summed E-state index contributed by atoms with van der Waals surface area (Å²) in [4.78, 5) is 19.6. The van der Waals surface area contributed by atoms with E-state index in [4.69, 9.17) is 19.6 Å². The largest absolute Gasteiger partial charge is 0.494 e. The first-order valence-electron chi connectivity index (χ1n) is 16.1. The number of rotatable bonds is 14. The van der Waals surface area contributed by atoms with Crippen LogP contribution in [0.1, 0.15) is 34.8 Å². The Labute approximate surface area is 289 Å². The molecule has 48 heavy (non-hydrogen) atoms. The number of hydrazine groups is 1. The van der Waals surface area contributed by atoms with Gasteiger partial charge < -0.3 is 14.6 Å². The number of carbonyl (C=O) groups excluding carboxylic acids is 1. The van der Waals surface area contributed by atoms with E-state index in [1.807, 2.05) is 97.1 Å². The molecule has 244 valence electrons. The molecule has 5 aromatic carbocycles. The highest BCUT2D eigenvalue weighted by Gasteiger charge is 2.53. The summed E-state index contributed by atoms with van der Waals surface area (Å²) in [6, 6.07) is 43.9. The first-order valence-corrected chi connectivity index (χ1v) is 16.9. The number of aliphatic hydroxyl groups is 1. The molecular formula is C40H38BrN3O4. The van der Waals surface area contributed by atoms with Gasteiger partial charge in [0, 0.05) is 36.0 Å². The van der Waals surface area contributed by atoms with Gasteiger partial charge in [0.1, 0.15) is 5.75 Å². The van der Waals surface area contributed by atoms with E-state index in [9.17, 15) is 4.79 Å². The zero-order valence-electron chi connectivity index (χ0n) is 26.5. The standard InChI is InChI=1S/C40H38BrN3O4/c41-35-20-12-30(13-21-35)28-40(39(46)44-42-25-24-29-8-3-1-4-9-29)37(33-16-14-32(15-17-33)31-10-5-2-6-11-31)48-38(43-40)34-18-22-36(23-19-34)47-27-7-26-45/h1-6,8-23,37,42,45H,7,24-28H2,(H,44,46)/t37-,40-/m0/s1. The Morgan fingerprint density at radius 3 is 2.12 bits per heavy atom. The molecule has 0 unspecified atom stereocenters. The van der Waals surface area contributed by atoms with Crippen LogP contribution in [0.2, 0.25) is 0 Å². The average Bonchev–Trinajstić information content (AvgIpc) is 3.52. The zero-order valence-corrected chi connectivity index (χ0v) is 28.1. The fourth-order valence-electron chi connectivity index (χ4n) is 5.78. The Morgan fingerprint density at radius 2 is 1.44 bits per heavy atom. The van der Waals surface area contributed by atoms with Gasteiger partial charge in [-0.1, -0.05) is 113 Å². The fourth-order valence-corrected chi connectivity index (χ4v) is 6.04. The Morgan fingerprint density at radius 1 is 0.792 bits per heavy atom. The number of carbonyl (C=O) groups is 1. The molecule has 0 aromatic heterocycles. The summed E-state index contributed by atoms with van der Waals surface area (Å²) in [5.74, 6) is 0.778. The molecule has 0 spiro atoms. The lowest BCUT2D eigenvalue weighted by Crippen LogP contribution is -2.54. The molecule has 0 bridgehead atoms. The van der Waals surface area contributed by atoms with Crippen LogP contribution < -0.4 is 15.6 Å². The SMILES string of the molecule is O=C(NNCCc1ccccc1)[C@@]1(Cc2ccc(Br)cc2)N=C(c2ccc(OCCCO)cc2)O[C@H]1c1ccc(-c2ccccc2)cc1. The molecule has 0 saturated heterocycles. The first kappa shape index (κ1) is 33.2. The summed E-state index contributed by atoms with van der Waals surface area (Å²) in [5, 5.41) is 9.11. The molecule has 1 aliphatic heterocycles. The van der Waals surface area contributed by atoms with Crippen LogP contribution >= 0.6 is 15.9 Å². The zero-order chi connectivity index (χ0) is 33.2. The number of hydrogen-bond donors (Lipinski definition) is 3. The van der Waals surface area contributed by atoms with Crippen molar-refractivity contribution < 1.29 is 19.4 Å². The molecule has 1 heterocycles. The highest BCUT2D eigenvalue weighted by Crippen LogP contribution is 2.43. The maximum absolute atomic E-state index is 14.5. The third-order valence-electron chi connectivity index (χ3n) is 8.32. The van der Waals surface area contributed by atoms with Crippen LogP contribution in [0.25, 0.3) is 11.1 Å². The molecule has 0 saturated carbocycles. The van der Waals surface area contributed by atoms with Crippen LogP contribution in [0.5, 0.6) is 5.75 Å². The summed E-state index contributed by atoms with van der Waals surface area (Å²) in [6.45, 7) is 1.04. The monoisotopic (exact) mass is 703 g/mol. The van der Waals surface area contributed by atoms with E-state index in [-0.39, 0.29) is 12.5 Å². The van der Waals surface area contributed by atoms with Crippen molar-refractivity contribution in [3.05, 3.63) is 160 Å². The van der Waals surface area contributed by atoms with E-state index in [0.717, 1.165) is 38.7 Å². The normalized spacial score (nSPS) is 17.0. The van der Waals surface area contributed by atoms with E-state index in [2.05, 4.69) is 63.2 Å². The van der Waals surface area contributed by atoms with Gasteiger partial charge in [0.15, 0.2) is 11.6 Å². The van der Waals surface area contributed by atoms with Gasteiger partial charge in [-0.15, -0.1) is 0 Å². The third-order valence-corrected chi connectivity index (χ3v) is 8.85. The van der Waals surface area contributed by atoms with E-state index in [1.54, 1.807) is 0 Å². The maximum Gasteiger partial charge on any atom is 0.266 e. The minimum atomic E-state index is -1.33. The van der Waals surface area contributed by atoms with Crippen molar-refractivity contribution in [1.82, 2.24) is 10.9 Å². The fraction of sp³-hybridized carbons (Fsp3) is 0.200. The Bertz CT molecular complexity index is 1800. The molecule has 7 nitrogen and oxygen atoms in total.